The van der Waals surface area contributed by atoms with E-state index in [4.69, 9.17) is 0 Å². The summed E-state index contributed by atoms with van der Waals surface area (Å²) in [5, 5.41) is 5.10. The van der Waals surface area contributed by atoms with Crippen LogP contribution in [-0.2, 0) is 4.79 Å². The van der Waals surface area contributed by atoms with Crippen molar-refractivity contribution in [2.24, 2.45) is 0 Å². The maximum Gasteiger partial charge on any atom is 0.276 e. The molecule has 4 aromatic rings. The van der Waals surface area contributed by atoms with Gasteiger partial charge in [-0.05, 0) is 67.6 Å². The molecule has 0 saturated heterocycles. The lowest BCUT2D eigenvalue weighted by atomic mass is 10.1. The van der Waals surface area contributed by atoms with Crippen LogP contribution in [0.1, 0.15) is 16.7 Å². The molecule has 0 aliphatic rings. The predicted octanol–water partition coefficient (Wildman–Crippen LogP) is 5.24. The number of halogens is 1. The molecule has 0 saturated carbocycles. The lowest BCUT2D eigenvalue weighted by Gasteiger charge is -2.13. The van der Waals surface area contributed by atoms with Gasteiger partial charge in [0.15, 0.2) is 5.16 Å². The van der Waals surface area contributed by atoms with Crippen LogP contribution in [0.25, 0.3) is 15.9 Å². The summed E-state index contributed by atoms with van der Waals surface area (Å²) in [6.45, 7) is 5.58. The van der Waals surface area contributed by atoms with Crippen LogP contribution >= 0.6 is 23.1 Å². The fraction of sp³-hybridized carbons (Fsp3) is 0.174. The summed E-state index contributed by atoms with van der Waals surface area (Å²) in [6, 6.07) is 12.1. The zero-order chi connectivity index (χ0) is 22.1. The number of thioether (sulfide) groups is 1. The molecule has 158 valence electrons. The number of carbonyl (C=O) groups excluding carboxylic acids is 1. The van der Waals surface area contributed by atoms with E-state index >= 15 is 0 Å². The third-order valence-electron chi connectivity index (χ3n) is 4.84. The number of aryl methyl sites for hydroxylation is 3. The van der Waals surface area contributed by atoms with Crippen molar-refractivity contribution < 1.29 is 9.18 Å². The molecule has 0 atom stereocenters. The number of hydrogen-bond acceptors (Lipinski definition) is 5. The molecule has 4 rings (SSSR count). The molecule has 5 nitrogen and oxygen atoms in total. The van der Waals surface area contributed by atoms with Gasteiger partial charge >= 0.3 is 0 Å². The Bertz CT molecular complexity index is 1360. The van der Waals surface area contributed by atoms with E-state index in [1.807, 2.05) is 32.0 Å². The fourth-order valence-electron chi connectivity index (χ4n) is 3.25. The van der Waals surface area contributed by atoms with Crippen molar-refractivity contribution in [1.82, 2.24) is 9.55 Å². The first-order chi connectivity index (χ1) is 14.8. The lowest BCUT2D eigenvalue weighted by molar-refractivity contribution is -0.113. The molecule has 31 heavy (non-hydrogen) atoms. The molecule has 8 heteroatoms. The minimum absolute atomic E-state index is 0.0789. The van der Waals surface area contributed by atoms with Crippen LogP contribution in [-0.4, -0.2) is 21.2 Å². The second kappa shape index (κ2) is 8.64. The second-order valence-corrected chi connectivity index (χ2v) is 9.12. The highest BCUT2D eigenvalue weighted by atomic mass is 32.2. The number of hydrogen-bond donors (Lipinski definition) is 1. The fourth-order valence-corrected chi connectivity index (χ4v) is 4.83. The summed E-state index contributed by atoms with van der Waals surface area (Å²) in [6.07, 6.45) is 0. The highest BCUT2D eigenvalue weighted by Gasteiger charge is 2.16. The van der Waals surface area contributed by atoms with Gasteiger partial charge in [0, 0.05) is 5.69 Å². The van der Waals surface area contributed by atoms with Crippen LogP contribution in [0.5, 0.6) is 0 Å². The van der Waals surface area contributed by atoms with Crippen molar-refractivity contribution in [3.63, 3.8) is 0 Å². The summed E-state index contributed by atoms with van der Waals surface area (Å²) in [7, 11) is 0. The topological polar surface area (TPSA) is 64.0 Å². The normalized spacial score (nSPS) is 11.1. The van der Waals surface area contributed by atoms with E-state index in [-0.39, 0.29) is 23.0 Å². The van der Waals surface area contributed by atoms with Crippen LogP contribution < -0.4 is 10.9 Å². The summed E-state index contributed by atoms with van der Waals surface area (Å²) in [4.78, 5) is 30.3. The zero-order valence-corrected chi connectivity index (χ0v) is 18.9. The second-order valence-electron chi connectivity index (χ2n) is 7.26. The maximum atomic E-state index is 13.8. The quantitative estimate of drug-likeness (QED) is 0.331. The third-order valence-corrected chi connectivity index (χ3v) is 6.67. The van der Waals surface area contributed by atoms with Crippen molar-refractivity contribution in [2.75, 3.05) is 11.1 Å². The van der Waals surface area contributed by atoms with Crippen molar-refractivity contribution in [3.8, 4) is 5.69 Å². The van der Waals surface area contributed by atoms with Crippen LogP contribution in [0.4, 0.5) is 10.1 Å². The maximum absolute atomic E-state index is 13.8. The Morgan fingerprint density at radius 2 is 1.94 bits per heavy atom. The van der Waals surface area contributed by atoms with Crippen molar-refractivity contribution >= 4 is 44.9 Å². The lowest BCUT2D eigenvalue weighted by Crippen LogP contribution is -2.22. The molecular weight excluding hydrogens is 433 g/mol. The van der Waals surface area contributed by atoms with E-state index in [9.17, 15) is 14.0 Å². The molecule has 0 unspecified atom stereocenters. The van der Waals surface area contributed by atoms with Crippen LogP contribution in [0.3, 0.4) is 0 Å². The van der Waals surface area contributed by atoms with Gasteiger partial charge in [0.2, 0.25) is 5.91 Å². The van der Waals surface area contributed by atoms with Crippen LogP contribution in [0.2, 0.25) is 0 Å². The zero-order valence-electron chi connectivity index (χ0n) is 17.2. The molecule has 0 bridgehead atoms. The summed E-state index contributed by atoms with van der Waals surface area (Å²) >= 11 is 2.48. The first-order valence-electron chi connectivity index (χ1n) is 9.60. The van der Waals surface area contributed by atoms with Gasteiger partial charge in [0.05, 0.1) is 17.0 Å². The Hall–Kier alpha value is -2.97. The smallest absolute Gasteiger partial charge is 0.276 e. The van der Waals surface area contributed by atoms with Crippen LogP contribution in [0.15, 0.2) is 57.8 Å². The minimum atomic E-state index is -0.344. The van der Waals surface area contributed by atoms with Gasteiger partial charge in [-0.15, -0.1) is 11.3 Å². The first kappa shape index (κ1) is 21.3. The van der Waals surface area contributed by atoms with Crippen LogP contribution in [0, 0.1) is 26.6 Å². The molecule has 2 heterocycles. The Kier molecular flexibility index (Phi) is 5.93. The summed E-state index contributed by atoms with van der Waals surface area (Å²) in [5.41, 5.74) is 4.16. The molecule has 0 aliphatic heterocycles. The molecule has 0 radical (unpaired) electrons. The molecule has 1 N–H and O–H groups in total. The van der Waals surface area contributed by atoms with E-state index in [1.54, 1.807) is 30.5 Å². The van der Waals surface area contributed by atoms with Gasteiger partial charge < -0.3 is 5.32 Å². The molecule has 2 aromatic carbocycles. The number of benzene rings is 2. The summed E-state index contributed by atoms with van der Waals surface area (Å²) in [5.74, 6) is -0.460. The number of rotatable bonds is 5. The number of nitrogens with zero attached hydrogens (tertiary/aromatic N) is 2. The molecule has 1 amide bonds. The third kappa shape index (κ3) is 4.40. The highest BCUT2D eigenvalue weighted by molar-refractivity contribution is 7.99. The SMILES string of the molecule is Cc1ccc(NC(=O)CSc2nc3ccsc3c(=O)n2-c2ccc(F)c(C)c2)c(C)c1. The van der Waals surface area contributed by atoms with Gasteiger partial charge in [-0.2, -0.15) is 0 Å². The standard InChI is InChI=1S/C23H20FN3O2S2/c1-13-4-7-18(15(3)10-13)25-20(28)12-31-23-26-19-8-9-30-21(19)22(29)27(23)16-5-6-17(24)14(2)11-16/h4-11H,12H2,1-3H3,(H,25,28). The van der Waals surface area contributed by atoms with Gasteiger partial charge in [-0.25, -0.2) is 9.37 Å². The van der Waals surface area contributed by atoms with E-state index in [0.717, 1.165) is 16.8 Å². The predicted molar refractivity (Wildman–Crippen MR) is 125 cm³/mol. The Morgan fingerprint density at radius 1 is 1.13 bits per heavy atom. The van der Waals surface area contributed by atoms with Gasteiger partial charge in [-0.3, -0.25) is 14.2 Å². The minimum Gasteiger partial charge on any atom is -0.325 e. The molecule has 0 fully saturated rings. The van der Waals surface area contributed by atoms with E-state index < -0.39 is 0 Å². The van der Waals surface area contributed by atoms with E-state index in [0.29, 0.717) is 26.6 Å². The average molecular weight is 454 g/mol. The van der Waals surface area contributed by atoms with Crippen molar-refractivity contribution in [2.45, 2.75) is 25.9 Å². The van der Waals surface area contributed by atoms with Gasteiger partial charge in [-0.1, -0.05) is 29.5 Å². The Morgan fingerprint density at radius 3 is 2.68 bits per heavy atom. The number of anilines is 1. The number of fused-ring (bicyclic) bond motifs is 1. The van der Waals surface area contributed by atoms with Crippen molar-refractivity contribution in [3.05, 3.63) is 80.7 Å². The van der Waals surface area contributed by atoms with Gasteiger partial charge in [0.25, 0.3) is 5.56 Å². The van der Waals surface area contributed by atoms with Gasteiger partial charge in [0.1, 0.15) is 10.5 Å². The average Bonchev–Trinajstić information content (AvgIpc) is 3.20. The monoisotopic (exact) mass is 453 g/mol. The number of amides is 1. The summed E-state index contributed by atoms with van der Waals surface area (Å²) < 4.78 is 15.7. The number of nitrogens with one attached hydrogen (secondary N) is 1. The number of thiophene rings is 1. The first-order valence-corrected chi connectivity index (χ1v) is 11.5. The van der Waals surface area contributed by atoms with E-state index in [1.165, 1.54) is 33.7 Å². The highest BCUT2D eigenvalue weighted by Crippen LogP contribution is 2.25. The largest absolute Gasteiger partial charge is 0.325 e. The number of aromatic nitrogens is 2. The van der Waals surface area contributed by atoms with Crippen molar-refractivity contribution in [1.29, 1.82) is 0 Å². The molecular formula is C23H20FN3O2S2. The number of carbonyl (C=O) groups is 1. The molecule has 0 aliphatic carbocycles. The Balaban J connectivity index is 1.65. The molecule has 2 aromatic heterocycles. The van der Waals surface area contributed by atoms with E-state index in [2.05, 4.69) is 10.3 Å². The Labute approximate surface area is 187 Å². The molecule has 0 spiro atoms.